The Morgan fingerprint density at radius 2 is 2.07 bits per heavy atom. The summed E-state index contributed by atoms with van der Waals surface area (Å²) in [5.74, 6) is -0.630. The van der Waals surface area contributed by atoms with E-state index in [0.29, 0.717) is 5.69 Å². The summed E-state index contributed by atoms with van der Waals surface area (Å²) in [5, 5.41) is 22.2. The molecule has 0 bridgehead atoms. The van der Waals surface area contributed by atoms with E-state index in [1.54, 1.807) is 30.4 Å². The maximum Gasteiger partial charge on any atom is 0.294 e. The highest BCUT2D eigenvalue weighted by atomic mass is 32.1. The Hall–Kier alpha value is -3.37. The minimum atomic E-state index is -0.630. The number of benzene rings is 1. The van der Waals surface area contributed by atoms with Crippen LogP contribution in [0.4, 0.5) is 5.69 Å². The molecule has 156 valence electrons. The van der Waals surface area contributed by atoms with Crippen LogP contribution in [-0.4, -0.2) is 46.2 Å². The number of amides is 1. The number of nitrogens with zero attached hydrogens (tertiary/aromatic N) is 4. The number of carbonyl (C=O) groups excluding carboxylic acids is 1. The number of aromatic nitrogens is 2. The Labute approximate surface area is 176 Å². The molecule has 30 heavy (non-hydrogen) atoms. The van der Waals surface area contributed by atoms with Gasteiger partial charge in [-0.1, -0.05) is 12.1 Å². The zero-order valence-electron chi connectivity index (χ0n) is 16.7. The highest BCUT2D eigenvalue weighted by molar-refractivity contribution is 7.07. The molecule has 3 rings (SSSR count). The van der Waals surface area contributed by atoms with Crippen molar-refractivity contribution in [3.8, 4) is 5.69 Å². The summed E-state index contributed by atoms with van der Waals surface area (Å²) < 4.78 is 1.25. The second-order valence-corrected chi connectivity index (χ2v) is 7.68. The number of para-hydroxylation sites is 2. The van der Waals surface area contributed by atoms with E-state index in [9.17, 15) is 19.7 Å². The molecule has 1 atom stereocenters. The van der Waals surface area contributed by atoms with E-state index in [1.165, 1.54) is 22.9 Å². The van der Waals surface area contributed by atoms with Gasteiger partial charge >= 0.3 is 0 Å². The van der Waals surface area contributed by atoms with Crippen molar-refractivity contribution in [2.45, 2.75) is 13.0 Å². The first-order chi connectivity index (χ1) is 14.3. The summed E-state index contributed by atoms with van der Waals surface area (Å²) in [6.07, 6.45) is 0. The number of nitro groups is 1. The monoisotopic (exact) mass is 427 g/mol. The molecule has 0 aliphatic heterocycles. The van der Waals surface area contributed by atoms with Crippen molar-refractivity contribution in [1.29, 1.82) is 0 Å². The second kappa shape index (κ2) is 8.97. The molecular weight excluding hydrogens is 406 g/mol. The molecular formula is C20H21N5O4S. The van der Waals surface area contributed by atoms with Gasteiger partial charge in [-0.25, -0.2) is 4.68 Å². The second-order valence-electron chi connectivity index (χ2n) is 6.90. The number of nitrogens with one attached hydrogen (secondary N) is 1. The molecule has 0 saturated carbocycles. The van der Waals surface area contributed by atoms with Gasteiger partial charge in [0.2, 0.25) is 5.43 Å². The SMILES string of the molecule is Cc1cc(=O)c(C(=O)NCC(c2ccsc2)N(C)C)nn1-c1ccccc1[N+](=O)[O-]. The van der Waals surface area contributed by atoms with Gasteiger partial charge in [-0.2, -0.15) is 16.4 Å². The normalized spacial score (nSPS) is 12.0. The van der Waals surface area contributed by atoms with E-state index in [0.717, 1.165) is 5.56 Å². The Morgan fingerprint density at radius 3 is 2.70 bits per heavy atom. The molecule has 1 N–H and O–H groups in total. The molecule has 0 saturated heterocycles. The predicted octanol–water partition coefficient (Wildman–Crippen LogP) is 2.54. The van der Waals surface area contributed by atoms with Crippen molar-refractivity contribution in [3.05, 3.63) is 84.4 Å². The molecule has 0 spiro atoms. The van der Waals surface area contributed by atoms with Gasteiger partial charge in [0.15, 0.2) is 5.69 Å². The fourth-order valence-electron chi connectivity index (χ4n) is 3.08. The van der Waals surface area contributed by atoms with Gasteiger partial charge in [0.05, 0.1) is 11.0 Å². The lowest BCUT2D eigenvalue weighted by Crippen LogP contribution is -2.37. The number of hydrogen-bond donors (Lipinski definition) is 1. The van der Waals surface area contributed by atoms with Crippen molar-refractivity contribution in [1.82, 2.24) is 20.0 Å². The molecule has 9 nitrogen and oxygen atoms in total. The van der Waals surface area contributed by atoms with Crippen molar-refractivity contribution >= 4 is 22.9 Å². The van der Waals surface area contributed by atoms with Crippen LogP contribution in [0.3, 0.4) is 0 Å². The molecule has 0 fully saturated rings. The van der Waals surface area contributed by atoms with E-state index in [2.05, 4.69) is 10.4 Å². The number of aryl methyl sites for hydroxylation is 1. The van der Waals surface area contributed by atoms with Crippen LogP contribution in [0.1, 0.15) is 27.8 Å². The summed E-state index contributed by atoms with van der Waals surface area (Å²) in [6, 6.07) is 9.19. The standard InChI is InChI=1S/C20H21N5O4S/c1-13-10-18(26)19(22-24(13)15-6-4-5-7-16(15)25(28)29)20(27)21-11-17(23(2)3)14-8-9-30-12-14/h4-10,12,17H,11H2,1-3H3,(H,21,27). The molecule has 1 amide bonds. The van der Waals surface area contributed by atoms with E-state index >= 15 is 0 Å². The number of likely N-dealkylation sites (N-methyl/N-ethyl adjacent to an activating group) is 1. The molecule has 0 radical (unpaired) electrons. The number of thiophene rings is 1. The lowest BCUT2D eigenvalue weighted by Gasteiger charge is -2.23. The third kappa shape index (κ3) is 4.44. The zero-order chi connectivity index (χ0) is 21.8. The van der Waals surface area contributed by atoms with Gasteiger partial charge in [0.1, 0.15) is 5.69 Å². The highest BCUT2D eigenvalue weighted by Crippen LogP contribution is 2.22. The molecule has 1 unspecified atom stereocenters. The minimum Gasteiger partial charge on any atom is -0.349 e. The van der Waals surface area contributed by atoms with Crippen LogP contribution in [0.15, 0.2) is 52.0 Å². The lowest BCUT2D eigenvalue weighted by atomic mass is 10.1. The largest absolute Gasteiger partial charge is 0.349 e. The fourth-order valence-corrected chi connectivity index (χ4v) is 3.79. The van der Waals surface area contributed by atoms with Crippen LogP contribution in [0.5, 0.6) is 0 Å². The maximum absolute atomic E-state index is 12.7. The first-order valence-corrected chi connectivity index (χ1v) is 10.1. The van der Waals surface area contributed by atoms with Gasteiger partial charge < -0.3 is 10.2 Å². The van der Waals surface area contributed by atoms with Crippen molar-refractivity contribution in [2.75, 3.05) is 20.6 Å². The minimum absolute atomic E-state index is 0.0666. The quantitative estimate of drug-likeness (QED) is 0.458. The summed E-state index contributed by atoms with van der Waals surface area (Å²) >= 11 is 1.56. The third-order valence-corrected chi connectivity index (χ3v) is 5.34. The number of carbonyl (C=O) groups is 1. The number of rotatable bonds is 7. The van der Waals surface area contributed by atoms with Crippen molar-refractivity contribution in [3.63, 3.8) is 0 Å². The van der Waals surface area contributed by atoms with Crippen LogP contribution < -0.4 is 10.7 Å². The molecule has 3 aromatic rings. The first kappa shape index (κ1) is 21.3. The van der Waals surface area contributed by atoms with E-state index in [1.807, 2.05) is 35.8 Å². The molecule has 2 heterocycles. The first-order valence-electron chi connectivity index (χ1n) is 9.11. The maximum atomic E-state index is 12.7. The fraction of sp³-hybridized carbons (Fsp3) is 0.250. The summed E-state index contributed by atoms with van der Waals surface area (Å²) in [7, 11) is 3.81. The van der Waals surface area contributed by atoms with Crippen molar-refractivity contribution < 1.29 is 9.72 Å². The summed E-state index contributed by atoms with van der Waals surface area (Å²) in [6.45, 7) is 1.88. The van der Waals surface area contributed by atoms with Crippen LogP contribution in [-0.2, 0) is 0 Å². The van der Waals surface area contributed by atoms with E-state index < -0.39 is 16.3 Å². The molecule has 2 aromatic heterocycles. The summed E-state index contributed by atoms with van der Waals surface area (Å²) in [5.41, 5.74) is 0.583. The Balaban J connectivity index is 1.92. The average molecular weight is 427 g/mol. The van der Waals surface area contributed by atoms with Crippen LogP contribution in [0.2, 0.25) is 0 Å². The third-order valence-electron chi connectivity index (χ3n) is 4.64. The molecule has 10 heteroatoms. The Bertz CT molecular complexity index is 1120. The number of hydrogen-bond acceptors (Lipinski definition) is 7. The lowest BCUT2D eigenvalue weighted by molar-refractivity contribution is -0.384. The summed E-state index contributed by atoms with van der Waals surface area (Å²) in [4.78, 5) is 38.0. The van der Waals surface area contributed by atoms with Crippen LogP contribution >= 0.6 is 11.3 Å². The Morgan fingerprint density at radius 1 is 1.33 bits per heavy atom. The zero-order valence-corrected chi connectivity index (χ0v) is 17.5. The average Bonchev–Trinajstić information content (AvgIpc) is 3.22. The smallest absolute Gasteiger partial charge is 0.294 e. The van der Waals surface area contributed by atoms with Crippen LogP contribution in [0.25, 0.3) is 5.69 Å². The molecule has 0 aliphatic carbocycles. The number of nitro benzene ring substituents is 1. The van der Waals surface area contributed by atoms with Gasteiger partial charge in [0, 0.05) is 24.4 Å². The Kier molecular flexibility index (Phi) is 6.38. The van der Waals surface area contributed by atoms with E-state index in [4.69, 9.17) is 0 Å². The predicted molar refractivity (Wildman–Crippen MR) is 114 cm³/mol. The highest BCUT2D eigenvalue weighted by Gasteiger charge is 2.21. The van der Waals surface area contributed by atoms with Crippen molar-refractivity contribution in [2.24, 2.45) is 0 Å². The van der Waals surface area contributed by atoms with Gasteiger partial charge in [-0.05, 0) is 49.5 Å². The van der Waals surface area contributed by atoms with E-state index in [-0.39, 0.29) is 29.7 Å². The van der Waals surface area contributed by atoms with Gasteiger partial charge in [0.25, 0.3) is 11.6 Å². The molecule has 0 aliphatic rings. The topological polar surface area (TPSA) is 110 Å². The van der Waals surface area contributed by atoms with Gasteiger partial charge in [-0.15, -0.1) is 0 Å². The van der Waals surface area contributed by atoms with Gasteiger partial charge in [-0.3, -0.25) is 19.7 Å². The van der Waals surface area contributed by atoms with Crippen LogP contribution in [0, 0.1) is 17.0 Å². The molecule has 1 aromatic carbocycles.